The van der Waals surface area contributed by atoms with E-state index in [1.54, 1.807) is 11.3 Å². The van der Waals surface area contributed by atoms with E-state index in [9.17, 15) is 0 Å². The summed E-state index contributed by atoms with van der Waals surface area (Å²) in [6.07, 6.45) is 1.000. The van der Waals surface area contributed by atoms with Gasteiger partial charge in [0.15, 0.2) is 11.8 Å². The monoisotopic (exact) mass is 448 g/mol. The van der Waals surface area contributed by atoms with Crippen LogP contribution in [0, 0.1) is 6.92 Å². The van der Waals surface area contributed by atoms with Crippen molar-refractivity contribution in [2.45, 2.75) is 39.8 Å². The van der Waals surface area contributed by atoms with Crippen LogP contribution in [0.2, 0.25) is 0 Å². The van der Waals surface area contributed by atoms with Crippen molar-refractivity contribution in [2.75, 3.05) is 6.54 Å². The average Bonchev–Trinajstić information content (AvgIpc) is 3.08. The molecule has 128 valence electrons. The molecule has 0 aliphatic heterocycles. The van der Waals surface area contributed by atoms with Gasteiger partial charge in [0.25, 0.3) is 0 Å². The molecule has 6 nitrogen and oxygen atoms in total. The van der Waals surface area contributed by atoms with Gasteiger partial charge in [-0.3, -0.25) is 0 Å². The lowest BCUT2D eigenvalue weighted by atomic mass is 10.3. The third-order valence-electron chi connectivity index (χ3n) is 3.23. The third-order valence-corrected chi connectivity index (χ3v) is 4.17. The second-order valence-corrected chi connectivity index (χ2v) is 6.47. The number of halogens is 1. The van der Waals surface area contributed by atoms with Gasteiger partial charge in [-0.1, -0.05) is 6.07 Å². The molecule has 0 spiro atoms. The molecule has 8 heteroatoms. The molecule has 0 radical (unpaired) electrons. The predicted molar refractivity (Wildman–Crippen MR) is 107 cm³/mol. The molecule has 2 heterocycles. The molecule has 0 amide bonds. The van der Waals surface area contributed by atoms with Gasteiger partial charge < -0.3 is 15.2 Å². The first-order valence-electron chi connectivity index (χ1n) is 7.48. The molecule has 0 bridgehead atoms. The fourth-order valence-electron chi connectivity index (χ4n) is 1.92. The van der Waals surface area contributed by atoms with Crippen molar-refractivity contribution in [2.24, 2.45) is 12.0 Å². The molecule has 2 N–H and O–H groups in total. The Morgan fingerprint density at radius 3 is 2.74 bits per heavy atom. The first-order valence-corrected chi connectivity index (χ1v) is 8.36. The molecule has 0 fully saturated rings. The van der Waals surface area contributed by atoms with Crippen LogP contribution in [0.5, 0.6) is 0 Å². The van der Waals surface area contributed by atoms with Crippen LogP contribution < -0.4 is 10.6 Å². The minimum Gasteiger partial charge on any atom is -0.356 e. The van der Waals surface area contributed by atoms with Gasteiger partial charge in [0.05, 0.1) is 0 Å². The molecule has 0 aromatic carbocycles. The average molecular weight is 448 g/mol. The smallest absolute Gasteiger partial charge is 0.191 e. The number of hydrogen-bond donors (Lipinski definition) is 2. The Kier molecular flexibility index (Phi) is 8.53. The highest BCUT2D eigenvalue weighted by atomic mass is 127. The topological polar surface area (TPSA) is 67.1 Å². The summed E-state index contributed by atoms with van der Waals surface area (Å²) in [4.78, 5) is 5.98. The first kappa shape index (κ1) is 19.9. The van der Waals surface area contributed by atoms with Crippen LogP contribution in [0.1, 0.15) is 30.4 Å². The SMILES string of the molecule is Cc1nnc(CN=C(NCCc2cccs2)NC(C)C)n1C.I. The van der Waals surface area contributed by atoms with E-state index in [-0.39, 0.29) is 24.0 Å². The zero-order valence-corrected chi connectivity index (χ0v) is 17.2. The van der Waals surface area contributed by atoms with E-state index in [1.165, 1.54) is 4.88 Å². The summed E-state index contributed by atoms with van der Waals surface area (Å²) >= 11 is 1.78. The highest BCUT2D eigenvalue weighted by molar-refractivity contribution is 14.0. The van der Waals surface area contributed by atoms with Gasteiger partial charge >= 0.3 is 0 Å². The summed E-state index contributed by atoms with van der Waals surface area (Å²) in [5.74, 6) is 2.57. The summed E-state index contributed by atoms with van der Waals surface area (Å²) in [6.45, 7) is 7.51. The van der Waals surface area contributed by atoms with E-state index >= 15 is 0 Å². The summed E-state index contributed by atoms with van der Waals surface area (Å²) in [7, 11) is 1.96. The van der Waals surface area contributed by atoms with E-state index < -0.39 is 0 Å². The van der Waals surface area contributed by atoms with Gasteiger partial charge in [0.1, 0.15) is 12.4 Å². The number of nitrogens with one attached hydrogen (secondary N) is 2. The van der Waals surface area contributed by atoms with Crippen molar-refractivity contribution < 1.29 is 0 Å². The number of rotatable bonds is 6. The molecular weight excluding hydrogens is 423 g/mol. The van der Waals surface area contributed by atoms with Crippen molar-refractivity contribution in [3.63, 3.8) is 0 Å². The maximum absolute atomic E-state index is 4.60. The van der Waals surface area contributed by atoms with Gasteiger partial charge in [-0.15, -0.1) is 45.5 Å². The fraction of sp³-hybridized carbons (Fsp3) is 0.533. The van der Waals surface area contributed by atoms with Crippen LogP contribution in [0.25, 0.3) is 0 Å². The lowest BCUT2D eigenvalue weighted by Crippen LogP contribution is -2.42. The normalized spacial score (nSPS) is 11.4. The molecule has 2 rings (SSSR count). The summed E-state index contributed by atoms with van der Waals surface area (Å²) in [5.41, 5.74) is 0. The molecule has 2 aromatic heterocycles. The Balaban J connectivity index is 0.00000264. The number of thiophene rings is 1. The summed E-state index contributed by atoms with van der Waals surface area (Å²) in [6, 6.07) is 4.56. The highest BCUT2D eigenvalue weighted by Gasteiger charge is 2.06. The van der Waals surface area contributed by atoms with Crippen LogP contribution in [-0.4, -0.2) is 33.3 Å². The van der Waals surface area contributed by atoms with E-state index in [4.69, 9.17) is 0 Å². The zero-order valence-electron chi connectivity index (χ0n) is 14.0. The lowest BCUT2D eigenvalue weighted by molar-refractivity contribution is 0.688. The van der Waals surface area contributed by atoms with Crippen LogP contribution in [0.4, 0.5) is 0 Å². The molecule has 0 unspecified atom stereocenters. The van der Waals surface area contributed by atoms with E-state index in [0.29, 0.717) is 12.6 Å². The largest absolute Gasteiger partial charge is 0.356 e. The number of guanidine groups is 1. The summed E-state index contributed by atoms with van der Waals surface area (Å²) in [5, 5.41) is 17.0. The molecular formula is C15H25IN6S. The Bertz CT molecular complexity index is 606. The third kappa shape index (κ3) is 6.46. The predicted octanol–water partition coefficient (Wildman–Crippen LogP) is 2.49. The van der Waals surface area contributed by atoms with Crippen molar-refractivity contribution in [3.05, 3.63) is 34.0 Å². The molecule has 2 aromatic rings. The second-order valence-electron chi connectivity index (χ2n) is 5.44. The summed E-state index contributed by atoms with van der Waals surface area (Å²) < 4.78 is 1.96. The lowest BCUT2D eigenvalue weighted by Gasteiger charge is -2.14. The molecule has 23 heavy (non-hydrogen) atoms. The molecule has 0 aliphatic carbocycles. The van der Waals surface area contributed by atoms with E-state index in [2.05, 4.69) is 57.2 Å². The minimum atomic E-state index is 0. The van der Waals surface area contributed by atoms with E-state index in [1.807, 2.05) is 18.5 Å². The molecule has 0 saturated heterocycles. The van der Waals surface area contributed by atoms with E-state index in [0.717, 1.165) is 30.6 Å². The van der Waals surface area contributed by atoms with Crippen LogP contribution in [-0.2, 0) is 20.0 Å². The van der Waals surface area contributed by atoms with Crippen LogP contribution >= 0.6 is 35.3 Å². The fourth-order valence-corrected chi connectivity index (χ4v) is 2.63. The van der Waals surface area contributed by atoms with Crippen LogP contribution in [0.15, 0.2) is 22.5 Å². The quantitative estimate of drug-likeness (QED) is 0.405. The Morgan fingerprint density at radius 1 is 1.39 bits per heavy atom. The van der Waals surface area contributed by atoms with Gasteiger partial charge in [-0.05, 0) is 38.6 Å². The maximum Gasteiger partial charge on any atom is 0.191 e. The van der Waals surface area contributed by atoms with Crippen molar-refractivity contribution >= 4 is 41.3 Å². The van der Waals surface area contributed by atoms with Gasteiger partial charge in [-0.2, -0.15) is 0 Å². The number of aliphatic imine (C=N–C) groups is 1. The van der Waals surface area contributed by atoms with Crippen molar-refractivity contribution in [1.29, 1.82) is 0 Å². The zero-order chi connectivity index (χ0) is 15.9. The molecule has 0 aliphatic rings. The number of nitrogens with zero attached hydrogens (tertiary/aromatic N) is 4. The van der Waals surface area contributed by atoms with Crippen LogP contribution in [0.3, 0.4) is 0 Å². The van der Waals surface area contributed by atoms with Gasteiger partial charge in [-0.25, -0.2) is 4.99 Å². The van der Waals surface area contributed by atoms with Gasteiger partial charge in [0, 0.05) is 24.5 Å². The molecule has 0 atom stereocenters. The number of aromatic nitrogens is 3. The van der Waals surface area contributed by atoms with Crippen molar-refractivity contribution in [3.8, 4) is 0 Å². The van der Waals surface area contributed by atoms with Gasteiger partial charge in [0.2, 0.25) is 0 Å². The Hall–Kier alpha value is -1.16. The second kappa shape index (κ2) is 9.86. The standard InChI is InChI=1S/C15H24N6S.HI/c1-11(2)18-15(16-8-7-13-6-5-9-22-13)17-10-14-20-19-12(3)21(14)4;/h5-6,9,11H,7-8,10H2,1-4H3,(H2,16,17,18);1H. The first-order chi connectivity index (χ1) is 10.6. The minimum absolute atomic E-state index is 0. The Morgan fingerprint density at radius 2 is 2.17 bits per heavy atom. The Labute approximate surface area is 158 Å². The highest BCUT2D eigenvalue weighted by Crippen LogP contribution is 2.08. The maximum atomic E-state index is 4.60. The molecule has 0 saturated carbocycles. The number of hydrogen-bond acceptors (Lipinski definition) is 4. The van der Waals surface area contributed by atoms with Crippen molar-refractivity contribution in [1.82, 2.24) is 25.4 Å². The number of aryl methyl sites for hydroxylation is 1.